The molecule has 0 aliphatic carbocycles. The molecule has 0 radical (unpaired) electrons. The predicted octanol–water partition coefficient (Wildman–Crippen LogP) is 3.51. The smallest absolute Gasteiger partial charge is 0.228 e. The van der Waals surface area contributed by atoms with E-state index in [9.17, 15) is 9.18 Å². The van der Waals surface area contributed by atoms with Crippen molar-refractivity contribution in [2.75, 3.05) is 18.0 Å². The maximum absolute atomic E-state index is 13.3. The first-order valence-corrected chi connectivity index (χ1v) is 11.2. The van der Waals surface area contributed by atoms with Gasteiger partial charge in [-0.05, 0) is 50.4 Å². The number of fused-ring (bicyclic) bond motifs is 1. The number of likely N-dealkylation sites (tertiary alicyclic amines) is 1. The van der Waals surface area contributed by atoms with Crippen LogP contribution in [-0.2, 0) is 24.3 Å². The largest absolute Gasteiger partial charge is 0.348 e. The normalized spacial score (nSPS) is 19.2. The summed E-state index contributed by atoms with van der Waals surface area (Å²) in [7, 11) is 0. The number of benzene rings is 1. The Hall–Kier alpha value is -3.13. The number of aryl methyl sites for hydroxylation is 1. The molecule has 8 heteroatoms. The van der Waals surface area contributed by atoms with Crippen LogP contribution >= 0.6 is 0 Å². The molecule has 1 aromatic carbocycles. The SMILES string of the molecule is Cc1nc([C@H]2CCCN(Cc3ncc[nH]3)C2)nc2c1CCC(=O)N2Cc1ccc(F)cc1. The molecule has 166 valence electrons. The van der Waals surface area contributed by atoms with Gasteiger partial charge < -0.3 is 4.98 Å². The van der Waals surface area contributed by atoms with Crippen LogP contribution < -0.4 is 4.90 Å². The zero-order valence-corrected chi connectivity index (χ0v) is 18.2. The van der Waals surface area contributed by atoms with Crippen molar-refractivity contribution >= 4 is 11.7 Å². The maximum Gasteiger partial charge on any atom is 0.228 e. The fourth-order valence-corrected chi connectivity index (χ4v) is 4.73. The molecule has 1 saturated heterocycles. The second-order valence-corrected chi connectivity index (χ2v) is 8.69. The molecule has 2 aliphatic heterocycles. The van der Waals surface area contributed by atoms with Crippen molar-refractivity contribution in [2.45, 2.75) is 51.6 Å². The minimum Gasteiger partial charge on any atom is -0.348 e. The van der Waals surface area contributed by atoms with Crippen LogP contribution in [0.2, 0.25) is 0 Å². The highest BCUT2D eigenvalue weighted by Gasteiger charge is 2.31. The Kier molecular flexibility index (Phi) is 5.70. The highest BCUT2D eigenvalue weighted by Crippen LogP contribution is 2.33. The standard InChI is InChI=1S/C24H27FN6O/c1-16-20-8-9-22(32)31(13-17-4-6-19(25)7-5-17)24(20)29-23(28-16)18-3-2-12-30(14-18)15-21-26-10-11-27-21/h4-7,10-11,18H,2-3,8-9,12-15H2,1H3,(H,26,27)/t18-/m0/s1. The van der Waals surface area contributed by atoms with E-state index in [-0.39, 0.29) is 17.6 Å². The number of amides is 1. The van der Waals surface area contributed by atoms with E-state index < -0.39 is 0 Å². The second-order valence-electron chi connectivity index (χ2n) is 8.69. The number of aromatic nitrogens is 4. The van der Waals surface area contributed by atoms with Crippen LogP contribution in [0.5, 0.6) is 0 Å². The Bertz CT molecular complexity index is 1100. The van der Waals surface area contributed by atoms with Gasteiger partial charge in [-0.15, -0.1) is 0 Å². The summed E-state index contributed by atoms with van der Waals surface area (Å²) in [6, 6.07) is 6.30. The molecule has 1 amide bonds. The molecule has 5 rings (SSSR count). The van der Waals surface area contributed by atoms with E-state index in [0.29, 0.717) is 19.4 Å². The first kappa shape index (κ1) is 20.8. The minimum absolute atomic E-state index is 0.0500. The number of hydrogen-bond donors (Lipinski definition) is 1. The Labute approximate surface area is 186 Å². The summed E-state index contributed by atoms with van der Waals surface area (Å²) in [4.78, 5) is 34.3. The molecule has 0 unspecified atom stereocenters. The fourth-order valence-electron chi connectivity index (χ4n) is 4.73. The van der Waals surface area contributed by atoms with Gasteiger partial charge in [0.2, 0.25) is 5.91 Å². The van der Waals surface area contributed by atoms with E-state index in [1.165, 1.54) is 12.1 Å². The summed E-state index contributed by atoms with van der Waals surface area (Å²) in [5.41, 5.74) is 2.87. The second kappa shape index (κ2) is 8.78. The number of anilines is 1. The Balaban J connectivity index is 1.41. The molecule has 1 N–H and O–H groups in total. The Morgan fingerprint density at radius 2 is 2.00 bits per heavy atom. The number of halogens is 1. The van der Waals surface area contributed by atoms with Crippen LogP contribution in [0, 0.1) is 12.7 Å². The van der Waals surface area contributed by atoms with Crippen molar-refractivity contribution in [3.05, 3.63) is 70.9 Å². The average Bonchev–Trinajstić information content (AvgIpc) is 3.30. The topological polar surface area (TPSA) is 78.0 Å². The first-order chi connectivity index (χ1) is 15.6. The molecule has 1 fully saturated rings. The van der Waals surface area contributed by atoms with Crippen LogP contribution in [-0.4, -0.2) is 43.8 Å². The lowest BCUT2D eigenvalue weighted by Crippen LogP contribution is -2.38. The summed E-state index contributed by atoms with van der Waals surface area (Å²) in [5.74, 6) is 2.47. The van der Waals surface area contributed by atoms with Gasteiger partial charge in [-0.25, -0.2) is 19.3 Å². The number of piperidine rings is 1. The lowest BCUT2D eigenvalue weighted by Gasteiger charge is -2.33. The lowest BCUT2D eigenvalue weighted by atomic mass is 9.96. The summed E-state index contributed by atoms with van der Waals surface area (Å²) < 4.78 is 13.3. The van der Waals surface area contributed by atoms with Crippen molar-refractivity contribution in [1.29, 1.82) is 0 Å². The third-order valence-corrected chi connectivity index (χ3v) is 6.41. The Morgan fingerprint density at radius 3 is 2.78 bits per heavy atom. The van der Waals surface area contributed by atoms with Crippen molar-refractivity contribution in [3.8, 4) is 0 Å². The van der Waals surface area contributed by atoms with E-state index in [4.69, 9.17) is 9.97 Å². The van der Waals surface area contributed by atoms with Crippen LogP contribution in [0.3, 0.4) is 0 Å². The third-order valence-electron chi connectivity index (χ3n) is 6.41. The molecular formula is C24H27FN6O. The monoisotopic (exact) mass is 434 g/mol. The molecule has 0 spiro atoms. The third kappa shape index (κ3) is 4.27. The van der Waals surface area contributed by atoms with Gasteiger partial charge >= 0.3 is 0 Å². The molecular weight excluding hydrogens is 407 g/mol. The number of nitrogens with zero attached hydrogens (tertiary/aromatic N) is 5. The average molecular weight is 435 g/mol. The van der Waals surface area contributed by atoms with Crippen molar-refractivity contribution in [2.24, 2.45) is 0 Å². The minimum atomic E-state index is -0.282. The number of rotatable bonds is 5. The molecule has 0 saturated carbocycles. The molecule has 4 heterocycles. The van der Waals surface area contributed by atoms with E-state index in [1.807, 2.05) is 13.1 Å². The number of carbonyl (C=O) groups excluding carboxylic acids is 1. The number of H-pyrrole nitrogens is 1. The van der Waals surface area contributed by atoms with Gasteiger partial charge in [0.15, 0.2) is 0 Å². The Morgan fingerprint density at radius 1 is 1.16 bits per heavy atom. The van der Waals surface area contributed by atoms with Gasteiger partial charge in [0, 0.05) is 42.5 Å². The van der Waals surface area contributed by atoms with Gasteiger partial charge in [0.25, 0.3) is 0 Å². The zero-order chi connectivity index (χ0) is 22.1. The number of hydrogen-bond acceptors (Lipinski definition) is 5. The van der Waals surface area contributed by atoms with Gasteiger partial charge in [-0.3, -0.25) is 14.6 Å². The van der Waals surface area contributed by atoms with Gasteiger partial charge in [0.1, 0.15) is 23.3 Å². The highest BCUT2D eigenvalue weighted by atomic mass is 19.1. The van der Waals surface area contributed by atoms with Crippen LogP contribution in [0.4, 0.5) is 10.2 Å². The highest BCUT2D eigenvalue weighted by molar-refractivity contribution is 5.95. The first-order valence-electron chi connectivity index (χ1n) is 11.2. The van der Waals surface area contributed by atoms with Crippen molar-refractivity contribution < 1.29 is 9.18 Å². The maximum atomic E-state index is 13.3. The van der Waals surface area contributed by atoms with Gasteiger partial charge in [-0.1, -0.05) is 12.1 Å². The molecule has 0 bridgehead atoms. The van der Waals surface area contributed by atoms with E-state index in [0.717, 1.165) is 66.8 Å². The summed E-state index contributed by atoms with van der Waals surface area (Å²) >= 11 is 0. The van der Waals surface area contributed by atoms with Crippen molar-refractivity contribution in [3.63, 3.8) is 0 Å². The van der Waals surface area contributed by atoms with Gasteiger partial charge in [-0.2, -0.15) is 0 Å². The quantitative estimate of drug-likeness (QED) is 0.665. The predicted molar refractivity (Wildman–Crippen MR) is 119 cm³/mol. The van der Waals surface area contributed by atoms with E-state index in [2.05, 4.69) is 14.9 Å². The molecule has 7 nitrogen and oxygen atoms in total. The molecule has 3 aromatic rings. The van der Waals surface area contributed by atoms with Crippen LogP contribution in [0.15, 0.2) is 36.7 Å². The number of aromatic amines is 1. The van der Waals surface area contributed by atoms with Crippen LogP contribution in [0.25, 0.3) is 0 Å². The number of carbonyl (C=O) groups is 1. The lowest BCUT2D eigenvalue weighted by molar-refractivity contribution is -0.119. The summed E-state index contributed by atoms with van der Waals surface area (Å²) in [5, 5.41) is 0. The van der Waals surface area contributed by atoms with E-state index >= 15 is 0 Å². The summed E-state index contributed by atoms with van der Waals surface area (Å²) in [6.45, 7) is 5.07. The van der Waals surface area contributed by atoms with Crippen LogP contribution in [0.1, 0.15) is 53.7 Å². The molecule has 32 heavy (non-hydrogen) atoms. The zero-order valence-electron chi connectivity index (χ0n) is 18.2. The molecule has 2 aromatic heterocycles. The van der Waals surface area contributed by atoms with Crippen molar-refractivity contribution in [1.82, 2.24) is 24.8 Å². The van der Waals surface area contributed by atoms with Gasteiger partial charge in [0.05, 0.1) is 13.1 Å². The number of imidazole rings is 1. The number of nitrogens with one attached hydrogen (secondary N) is 1. The summed E-state index contributed by atoms with van der Waals surface area (Å²) in [6.07, 6.45) is 6.83. The van der Waals surface area contributed by atoms with E-state index in [1.54, 1.807) is 23.2 Å². The fraction of sp³-hybridized carbons (Fsp3) is 0.417. The molecule has 1 atom stereocenters. The molecule has 2 aliphatic rings.